The van der Waals surface area contributed by atoms with Crippen LogP contribution >= 0.6 is 0 Å². The Bertz CT molecular complexity index is 1420. The fourth-order valence-corrected chi connectivity index (χ4v) is 13.6. The summed E-state index contributed by atoms with van der Waals surface area (Å²) >= 11 is 0. The van der Waals surface area contributed by atoms with Crippen molar-refractivity contribution >= 4 is 26.5 Å². The fourth-order valence-electron chi connectivity index (χ4n) is 6.81. The molecular weight excluding hydrogens is 724 g/mol. The van der Waals surface area contributed by atoms with Gasteiger partial charge in [0.2, 0.25) is 14.2 Å². The highest BCUT2D eigenvalue weighted by atomic mass is 32.2. The van der Waals surface area contributed by atoms with Gasteiger partial charge in [0.15, 0.2) is 12.1 Å². The van der Waals surface area contributed by atoms with Gasteiger partial charge in [0.1, 0.15) is 0 Å². The van der Waals surface area contributed by atoms with E-state index in [0.717, 1.165) is 12.0 Å². The molecule has 294 valence electrons. The van der Waals surface area contributed by atoms with E-state index in [0.29, 0.717) is 12.7 Å². The molecule has 0 amide bonds. The lowest BCUT2D eigenvalue weighted by atomic mass is 9.92. The highest BCUT2D eigenvalue weighted by molar-refractivity contribution is 7.87. The van der Waals surface area contributed by atoms with E-state index in [1.54, 1.807) is 14.2 Å². The van der Waals surface area contributed by atoms with E-state index in [2.05, 4.69) is 88.2 Å². The van der Waals surface area contributed by atoms with Crippen molar-refractivity contribution in [2.45, 2.75) is 146 Å². The zero-order valence-electron chi connectivity index (χ0n) is 32.5. The quantitative estimate of drug-likeness (QED) is 0.0583. The number of halogens is 3. The largest absolute Gasteiger partial charge is 0.534 e. The highest BCUT2D eigenvalue weighted by Crippen LogP contribution is 2.45. The SMILES string of the molecule is CO[C@@H]1C[C@H]([C@@H](/C=C(C)/C=C/[C@@H](C/C=C/[Si](C)(C)C)OC)O[Si](C(C)C)(C(C)C)C(C)C)O[C@@](Cc2nc(OS(=O)(=O)C(F)(F)F)co2)(OC)C1. The zero-order valence-corrected chi connectivity index (χ0v) is 35.3. The van der Waals surface area contributed by atoms with Gasteiger partial charge in [-0.3, -0.25) is 0 Å². The third-order valence-corrected chi connectivity index (χ3v) is 17.5. The van der Waals surface area contributed by atoms with Gasteiger partial charge in [-0.1, -0.05) is 96.8 Å². The Hall–Kier alpha value is -1.80. The molecule has 1 aliphatic heterocycles. The molecule has 51 heavy (non-hydrogen) atoms. The number of hydrogen-bond acceptors (Lipinski definition) is 10. The minimum absolute atomic E-state index is 0.110. The third-order valence-electron chi connectivity index (χ3n) is 9.24. The Morgan fingerprint density at radius 3 is 2.18 bits per heavy atom. The van der Waals surface area contributed by atoms with Crippen molar-refractivity contribution in [3.8, 4) is 5.88 Å². The molecule has 1 aliphatic rings. The highest BCUT2D eigenvalue weighted by Gasteiger charge is 2.52. The predicted octanol–water partition coefficient (Wildman–Crippen LogP) is 8.88. The Morgan fingerprint density at radius 1 is 1.08 bits per heavy atom. The van der Waals surface area contributed by atoms with Gasteiger partial charge in [0.25, 0.3) is 5.88 Å². The maximum absolute atomic E-state index is 12.9. The lowest BCUT2D eigenvalue weighted by Gasteiger charge is -2.49. The number of nitrogens with zero attached hydrogens (tertiary/aromatic N) is 1. The first-order valence-corrected chi connectivity index (χ1v) is 24.5. The second-order valence-corrected chi connectivity index (χ2v) is 27.3. The number of allylic oxidation sites excluding steroid dienone is 2. The van der Waals surface area contributed by atoms with Crippen LogP contribution in [0.2, 0.25) is 36.3 Å². The van der Waals surface area contributed by atoms with Gasteiger partial charge in [0.05, 0.1) is 38.9 Å². The van der Waals surface area contributed by atoms with E-state index >= 15 is 0 Å². The Morgan fingerprint density at radius 2 is 1.69 bits per heavy atom. The van der Waals surface area contributed by atoms with Gasteiger partial charge in [-0.25, -0.2) is 0 Å². The Kier molecular flexibility index (Phi) is 16.5. The monoisotopic (exact) mass is 783 g/mol. The Balaban J connectivity index is 2.56. The minimum atomic E-state index is -5.94. The summed E-state index contributed by atoms with van der Waals surface area (Å²) in [7, 11) is -5.03. The van der Waals surface area contributed by atoms with Crippen LogP contribution in [0, 0.1) is 0 Å². The lowest BCUT2D eigenvalue weighted by Crippen LogP contribution is -2.57. The van der Waals surface area contributed by atoms with E-state index in [4.69, 9.17) is 27.8 Å². The number of methoxy groups -OCH3 is 3. The molecule has 1 aromatic rings. The smallest absolute Gasteiger partial charge is 0.445 e. The van der Waals surface area contributed by atoms with Crippen LogP contribution in [0.5, 0.6) is 5.88 Å². The molecule has 0 bridgehead atoms. The third kappa shape index (κ3) is 12.6. The number of rotatable bonds is 19. The van der Waals surface area contributed by atoms with Gasteiger partial charge in [0, 0.05) is 34.2 Å². The molecule has 1 saturated heterocycles. The summed E-state index contributed by atoms with van der Waals surface area (Å²) in [5.74, 6) is -2.41. The number of ether oxygens (including phenoxy) is 4. The molecule has 0 unspecified atom stereocenters. The fraction of sp³-hybridized carbons (Fsp3) is 0.743. The summed E-state index contributed by atoms with van der Waals surface area (Å²) in [5.41, 5.74) is -1.56. The van der Waals surface area contributed by atoms with Crippen molar-refractivity contribution in [3.05, 3.63) is 47.7 Å². The summed E-state index contributed by atoms with van der Waals surface area (Å²) in [6, 6.07) is 0. The molecule has 0 radical (unpaired) electrons. The van der Waals surface area contributed by atoms with Crippen LogP contribution in [0.25, 0.3) is 0 Å². The second kappa shape index (κ2) is 18.5. The molecule has 0 aromatic carbocycles. The summed E-state index contributed by atoms with van der Waals surface area (Å²) < 4.78 is 103. The summed E-state index contributed by atoms with van der Waals surface area (Å²) in [4.78, 5) is 3.85. The molecule has 1 aromatic heterocycles. The van der Waals surface area contributed by atoms with Crippen LogP contribution in [0.15, 0.2) is 46.3 Å². The van der Waals surface area contributed by atoms with Gasteiger partial charge in [-0.05, 0) is 30.0 Å². The van der Waals surface area contributed by atoms with Crippen molar-refractivity contribution in [1.82, 2.24) is 4.98 Å². The molecule has 0 aliphatic carbocycles. The van der Waals surface area contributed by atoms with E-state index in [9.17, 15) is 21.6 Å². The minimum Gasteiger partial charge on any atom is -0.445 e. The van der Waals surface area contributed by atoms with Crippen LogP contribution in [-0.4, -0.2) is 86.8 Å². The Labute approximate surface area is 305 Å². The summed E-state index contributed by atoms with van der Waals surface area (Å²) in [6.45, 7) is 22.1. The first kappa shape index (κ1) is 45.4. The predicted molar refractivity (Wildman–Crippen MR) is 197 cm³/mol. The summed E-state index contributed by atoms with van der Waals surface area (Å²) in [6.07, 6.45) is 8.70. The molecule has 0 saturated carbocycles. The molecule has 2 heterocycles. The second-order valence-electron chi connectivity index (χ2n) is 15.3. The topological polar surface area (TPSA) is 116 Å². The molecular formula is C35H60F3NO9SSi2. The maximum atomic E-state index is 12.9. The van der Waals surface area contributed by atoms with Crippen LogP contribution in [0.3, 0.4) is 0 Å². The van der Waals surface area contributed by atoms with Gasteiger partial charge in [-0.15, -0.1) is 0 Å². The molecule has 0 spiro atoms. The number of oxazole rings is 1. The van der Waals surface area contributed by atoms with E-state index in [1.165, 1.54) is 7.11 Å². The molecule has 0 N–H and O–H groups in total. The van der Waals surface area contributed by atoms with Gasteiger partial charge >= 0.3 is 15.6 Å². The molecule has 2 rings (SSSR count). The number of hydrogen-bond donors (Lipinski definition) is 0. The van der Waals surface area contributed by atoms with Crippen molar-refractivity contribution in [2.24, 2.45) is 0 Å². The van der Waals surface area contributed by atoms with Crippen LogP contribution in [0.4, 0.5) is 13.2 Å². The first-order chi connectivity index (χ1) is 23.4. The standard InChI is InChI=1S/C35H60F3NO9SSi2/c1-24(2)51(25(3)4,26(5)6)48-31(19-27(7)16-17-28(42-8)15-14-18-50(11,12)13)30-20-29(43-9)21-34(44-10,46-30)22-32-39-33(23-45-32)47-49(40,41)35(36,37)38/h14,16-19,23-26,28-31H,15,20-22H2,1-13H3/b17-16+,18-14+,27-19+/t28-,29-,30-,31-,34+/m1/s1. The van der Waals surface area contributed by atoms with Crippen molar-refractivity contribution < 1.29 is 53.6 Å². The normalized spacial score (nSPS) is 22.9. The van der Waals surface area contributed by atoms with E-state index in [1.807, 2.05) is 19.1 Å². The van der Waals surface area contributed by atoms with Crippen LogP contribution < -0.4 is 4.18 Å². The number of aromatic nitrogens is 1. The molecule has 16 heteroatoms. The average Bonchev–Trinajstić information content (AvgIpc) is 3.44. The maximum Gasteiger partial charge on any atom is 0.534 e. The molecule has 5 atom stereocenters. The van der Waals surface area contributed by atoms with Crippen LogP contribution in [-0.2, 0) is 39.9 Å². The lowest BCUT2D eigenvalue weighted by molar-refractivity contribution is -0.297. The summed E-state index contributed by atoms with van der Waals surface area (Å²) in [5, 5.41) is 0. The number of alkyl halides is 3. The van der Waals surface area contributed by atoms with E-state index in [-0.39, 0.29) is 47.6 Å². The zero-order chi connectivity index (χ0) is 39.0. The van der Waals surface area contributed by atoms with Gasteiger partial charge in [-0.2, -0.15) is 26.6 Å². The van der Waals surface area contributed by atoms with Crippen LogP contribution in [0.1, 0.15) is 73.6 Å². The van der Waals surface area contributed by atoms with Crippen molar-refractivity contribution in [2.75, 3.05) is 21.3 Å². The average molecular weight is 784 g/mol. The first-order valence-electron chi connectivity index (χ1n) is 17.4. The molecule has 10 nitrogen and oxygen atoms in total. The molecule has 1 fully saturated rings. The van der Waals surface area contributed by atoms with Crippen molar-refractivity contribution in [1.29, 1.82) is 0 Å². The van der Waals surface area contributed by atoms with E-state index < -0.39 is 55.9 Å². The van der Waals surface area contributed by atoms with Gasteiger partial charge < -0.3 is 32.0 Å². The van der Waals surface area contributed by atoms with Crippen molar-refractivity contribution in [3.63, 3.8) is 0 Å².